The van der Waals surface area contributed by atoms with Crippen LogP contribution < -0.4 is 24.4 Å². The first-order valence-electron chi connectivity index (χ1n) is 12.8. The van der Waals surface area contributed by atoms with Crippen molar-refractivity contribution in [2.45, 2.75) is 26.5 Å². The molecule has 0 bridgehead atoms. The van der Waals surface area contributed by atoms with Crippen LogP contribution >= 0.6 is 38.9 Å². The molecule has 7 nitrogen and oxygen atoms in total. The van der Waals surface area contributed by atoms with Crippen molar-refractivity contribution in [3.8, 4) is 11.5 Å². The minimum absolute atomic E-state index is 0.198. The summed E-state index contributed by atoms with van der Waals surface area (Å²) in [7, 11) is 1.58. The van der Waals surface area contributed by atoms with E-state index < -0.39 is 12.0 Å². The molecule has 1 aliphatic heterocycles. The normalized spacial score (nSPS) is 14.9. The quantitative estimate of drug-likeness (QED) is 0.225. The van der Waals surface area contributed by atoms with Gasteiger partial charge in [0.1, 0.15) is 18.1 Å². The van der Waals surface area contributed by atoms with Crippen LogP contribution in [0.15, 0.2) is 92.3 Å². The van der Waals surface area contributed by atoms with E-state index in [1.165, 1.54) is 11.3 Å². The summed E-state index contributed by atoms with van der Waals surface area (Å²) in [6.07, 6.45) is 1.79. The molecule has 0 amide bonds. The lowest BCUT2D eigenvalue weighted by Gasteiger charge is -2.25. The van der Waals surface area contributed by atoms with Crippen LogP contribution in [0.3, 0.4) is 0 Å². The standard InChI is InChI=1S/C31H26BrClN2O5S/c1-4-39-30(37)27-18(2)34-31-35(28(27)20-13-14-25(38-3)22(32)15-20)29(36)26(41-31)16-19-9-6-8-12-24(19)40-17-21-10-5-7-11-23(21)33/h5-16,28H,4,17H2,1-3H3/b26-16+/t28-/m0/s1. The second kappa shape index (κ2) is 12.5. The smallest absolute Gasteiger partial charge is 0.338 e. The molecule has 3 aromatic carbocycles. The first-order valence-corrected chi connectivity index (χ1v) is 14.8. The van der Waals surface area contributed by atoms with E-state index in [0.29, 0.717) is 47.2 Å². The topological polar surface area (TPSA) is 79.1 Å². The highest BCUT2D eigenvalue weighted by atomic mass is 79.9. The number of thiazole rings is 1. The Hall–Kier alpha value is -3.66. The number of carbonyl (C=O) groups excluding carboxylic acids is 1. The number of aromatic nitrogens is 1. The maximum atomic E-state index is 14.0. The van der Waals surface area contributed by atoms with Gasteiger partial charge in [-0.25, -0.2) is 9.79 Å². The molecule has 0 spiro atoms. The molecule has 0 saturated carbocycles. The first kappa shape index (κ1) is 28.9. The van der Waals surface area contributed by atoms with Crippen LogP contribution in [-0.2, 0) is 16.1 Å². The van der Waals surface area contributed by atoms with E-state index in [9.17, 15) is 9.59 Å². The summed E-state index contributed by atoms with van der Waals surface area (Å²) in [5.41, 5.74) is 2.83. The van der Waals surface area contributed by atoms with Gasteiger partial charge in [0.05, 0.1) is 40.0 Å². The molecule has 1 atom stereocenters. The number of para-hydroxylation sites is 1. The van der Waals surface area contributed by atoms with Crippen LogP contribution in [-0.4, -0.2) is 24.3 Å². The minimum Gasteiger partial charge on any atom is -0.496 e. The Balaban J connectivity index is 1.62. The van der Waals surface area contributed by atoms with Gasteiger partial charge in [0, 0.05) is 16.1 Å². The molecule has 0 radical (unpaired) electrons. The Morgan fingerprint density at radius 3 is 2.61 bits per heavy atom. The molecule has 0 fully saturated rings. The molecular weight excluding hydrogens is 628 g/mol. The predicted molar refractivity (Wildman–Crippen MR) is 163 cm³/mol. The van der Waals surface area contributed by atoms with E-state index in [1.54, 1.807) is 37.7 Å². The zero-order valence-corrected chi connectivity index (χ0v) is 25.7. The Bertz CT molecular complexity index is 1850. The van der Waals surface area contributed by atoms with Gasteiger partial charge in [-0.1, -0.05) is 65.4 Å². The zero-order chi connectivity index (χ0) is 29.1. The third-order valence-electron chi connectivity index (χ3n) is 6.56. The van der Waals surface area contributed by atoms with E-state index in [-0.39, 0.29) is 18.8 Å². The highest BCUT2D eigenvalue weighted by molar-refractivity contribution is 9.10. The van der Waals surface area contributed by atoms with Gasteiger partial charge < -0.3 is 14.2 Å². The van der Waals surface area contributed by atoms with Crippen molar-refractivity contribution in [3.05, 3.63) is 124 Å². The molecule has 1 aliphatic rings. The van der Waals surface area contributed by atoms with Crippen molar-refractivity contribution in [1.29, 1.82) is 0 Å². The van der Waals surface area contributed by atoms with E-state index >= 15 is 0 Å². The highest BCUT2D eigenvalue weighted by Gasteiger charge is 2.33. The van der Waals surface area contributed by atoms with Gasteiger partial charge in [-0.05, 0) is 65.7 Å². The number of hydrogen-bond acceptors (Lipinski definition) is 7. The lowest BCUT2D eigenvalue weighted by atomic mass is 9.96. The molecule has 10 heteroatoms. The Kier molecular flexibility index (Phi) is 8.77. The molecule has 0 unspecified atom stereocenters. The molecule has 1 aromatic heterocycles. The highest BCUT2D eigenvalue weighted by Crippen LogP contribution is 2.35. The zero-order valence-electron chi connectivity index (χ0n) is 22.5. The molecule has 2 heterocycles. The van der Waals surface area contributed by atoms with Gasteiger partial charge in [-0.3, -0.25) is 9.36 Å². The van der Waals surface area contributed by atoms with E-state index in [2.05, 4.69) is 20.9 Å². The number of hydrogen-bond donors (Lipinski definition) is 0. The summed E-state index contributed by atoms with van der Waals surface area (Å²) in [5.74, 6) is 0.725. The van der Waals surface area contributed by atoms with Crippen molar-refractivity contribution in [2.75, 3.05) is 13.7 Å². The number of methoxy groups -OCH3 is 1. The number of nitrogens with zero attached hydrogens (tertiary/aromatic N) is 2. The largest absolute Gasteiger partial charge is 0.496 e. The van der Waals surface area contributed by atoms with Gasteiger partial charge in [0.15, 0.2) is 4.80 Å². The van der Waals surface area contributed by atoms with Crippen LogP contribution in [0, 0.1) is 0 Å². The average Bonchev–Trinajstić information content (AvgIpc) is 3.26. The van der Waals surface area contributed by atoms with Crippen LogP contribution in [0.25, 0.3) is 6.08 Å². The lowest BCUT2D eigenvalue weighted by molar-refractivity contribution is -0.139. The monoisotopic (exact) mass is 652 g/mol. The summed E-state index contributed by atoms with van der Waals surface area (Å²) in [6.45, 7) is 3.98. The van der Waals surface area contributed by atoms with Crippen molar-refractivity contribution in [3.63, 3.8) is 0 Å². The molecule has 4 aromatic rings. The van der Waals surface area contributed by atoms with Crippen molar-refractivity contribution in [2.24, 2.45) is 4.99 Å². The molecule has 41 heavy (non-hydrogen) atoms. The lowest BCUT2D eigenvalue weighted by Crippen LogP contribution is -2.40. The third-order valence-corrected chi connectivity index (χ3v) is 8.53. The van der Waals surface area contributed by atoms with Gasteiger partial charge in [0.25, 0.3) is 5.56 Å². The van der Waals surface area contributed by atoms with Crippen LogP contribution in [0.4, 0.5) is 0 Å². The maximum absolute atomic E-state index is 14.0. The van der Waals surface area contributed by atoms with Crippen LogP contribution in [0.1, 0.15) is 36.6 Å². The Morgan fingerprint density at radius 1 is 1.12 bits per heavy atom. The second-order valence-corrected chi connectivity index (χ2v) is 11.4. The summed E-state index contributed by atoms with van der Waals surface area (Å²) >= 11 is 11.1. The van der Waals surface area contributed by atoms with Crippen molar-refractivity contribution in [1.82, 2.24) is 4.57 Å². The average molecular weight is 654 g/mol. The Morgan fingerprint density at radius 2 is 1.88 bits per heavy atom. The molecule has 0 N–H and O–H groups in total. The molecule has 5 rings (SSSR count). The van der Waals surface area contributed by atoms with E-state index in [0.717, 1.165) is 11.1 Å². The van der Waals surface area contributed by atoms with Crippen molar-refractivity contribution < 1.29 is 19.0 Å². The number of benzene rings is 3. The second-order valence-electron chi connectivity index (χ2n) is 9.11. The number of halogens is 2. The summed E-state index contributed by atoms with van der Waals surface area (Å²) in [5, 5.41) is 0.622. The number of allylic oxidation sites excluding steroid dienone is 1. The fraction of sp³-hybridized carbons (Fsp3) is 0.194. The van der Waals surface area contributed by atoms with E-state index in [4.69, 9.17) is 25.8 Å². The number of ether oxygens (including phenoxy) is 3. The SMILES string of the molecule is CCOC(=O)C1=C(C)N=c2s/c(=C/c3ccccc3OCc3ccccc3Cl)c(=O)n2[C@H]1c1ccc(OC)c(Br)c1. The Labute approximate surface area is 254 Å². The number of fused-ring (bicyclic) bond motifs is 1. The van der Waals surface area contributed by atoms with Gasteiger partial charge in [-0.2, -0.15) is 0 Å². The molecule has 210 valence electrons. The van der Waals surface area contributed by atoms with Crippen molar-refractivity contribution >= 4 is 50.9 Å². The third kappa shape index (κ3) is 5.88. The van der Waals surface area contributed by atoms with Gasteiger partial charge in [0.2, 0.25) is 0 Å². The summed E-state index contributed by atoms with van der Waals surface area (Å²) < 4.78 is 19.6. The predicted octanol–water partition coefficient (Wildman–Crippen LogP) is 5.80. The van der Waals surface area contributed by atoms with Gasteiger partial charge in [-0.15, -0.1) is 0 Å². The minimum atomic E-state index is -0.735. The number of rotatable bonds is 8. The fourth-order valence-corrected chi connectivity index (χ4v) is 6.39. The fourth-order valence-electron chi connectivity index (χ4n) is 4.60. The summed E-state index contributed by atoms with van der Waals surface area (Å²) in [6, 6.07) is 19.7. The van der Waals surface area contributed by atoms with Crippen LogP contribution in [0.5, 0.6) is 11.5 Å². The van der Waals surface area contributed by atoms with E-state index in [1.807, 2.05) is 60.7 Å². The molecule has 0 saturated heterocycles. The number of carbonyl (C=O) groups is 1. The molecule has 0 aliphatic carbocycles. The molecular formula is C31H26BrClN2O5S. The summed E-state index contributed by atoms with van der Waals surface area (Å²) in [4.78, 5) is 32.3. The first-order chi connectivity index (χ1) is 19.8. The van der Waals surface area contributed by atoms with Gasteiger partial charge >= 0.3 is 5.97 Å². The number of esters is 1. The maximum Gasteiger partial charge on any atom is 0.338 e. The van der Waals surface area contributed by atoms with Crippen LogP contribution in [0.2, 0.25) is 5.02 Å².